The fraction of sp³-hybridized carbons (Fsp3) is 0.444. The monoisotopic (exact) mass is 487 g/mol. The maximum atomic E-state index is 13.3. The van der Waals surface area contributed by atoms with Gasteiger partial charge in [0.15, 0.2) is 5.82 Å². The Morgan fingerprint density at radius 2 is 1.89 bits per heavy atom. The number of H-pyrrole nitrogens is 1. The number of piperidine rings is 1. The van der Waals surface area contributed by atoms with E-state index in [1.807, 2.05) is 61.2 Å². The van der Waals surface area contributed by atoms with E-state index < -0.39 is 0 Å². The maximum absolute atomic E-state index is 13.3. The molecule has 2 aliphatic rings. The van der Waals surface area contributed by atoms with E-state index in [2.05, 4.69) is 25.5 Å². The largest absolute Gasteiger partial charge is 0.341 e. The molecule has 2 fully saturated rings. The number of aromatic nitrogens is 4. The van der Waals surface area contributed by atoms with Gasteiger partial charge >= 0.3 is 0 Å². The zero-order valence-corrected chi connectivity index (χ0v) is 20.9. The summed E-state index contributed by atoms with van der Waals surface area (Å²) in [5.74, 6) is 2.56. The van der Waals surface area contributed by atoms with Gasteiger partial charge in [0.1, 0.15) is 18.2 Å². The van der Waals surface area contributed by atoms with E-state index >= 15 is 0 Å². The summed E-state index contributed by atoms with van der Waals surface area (Å²) in [6, 6.07) is 13.4. The van der Waals surface area contributed by atoms with E-state index in [0.29, 0.717) is 24.1 Å². The third-order valence-electron chi connectivity index (χ3n) is 6.78. The lowest BCUT2D eigenvalue weighted by molar-refractivity contribution is -0.133. The van der Waals surface area contributed by atoms with Gasteiger partial charge in [0, 0.05) is 48.2 Å². The molecule has 188 valence electrons. The summed E-state index contributed by atoms with van der Waals surface area (Å²) in [6.45, 7) is 5.32. The van der Waals surface area contributed by atoms with Crippen molar-refractivity contribution in [2.45, 2.75) is 46.0 Å². The van der Waals surface area contributed by atoms with Crippen molar-refractivity contribution in [2.75, 3.05) is 29.9 Å². The van der Waals surface area contributed by atoms with Crippen molar-refractivity contribution < 1.29 is 9.59 Å². The van der Waals surface area contributed by atoms with Crippen LogP contribution in [0.5, 0.6) is 0 Å². The lowest BCUT2D eigenvalue weighted by Gasteiger charge is -2.34. The maximum Gasteiger partial charge on any atom is 0.242 e. The van der Waals surface area contributed by atoms with Crippen LogP contribution >= 0.6 is 0 Å². The predicted molar refractivity (Wildman–Crippen MR) is 138 cm³/mol. The molecular weight excluding hydrogens is 454 g/mol. The van der Waals surface area contributed by atoms with Crippen LogP contribution in [0.1, 0.15) is 42.9 Å². The van der Waals surface area contributed by atoms with Crippen molar-refractivity contribution in [1.82, 2.24) is 25.1 Å². The molecule has 9 nitrogen and oxygen atoms in total. The second-order valence-electron chi connectivity index (χ2n) is 9.94. The Hall–Kier alpha value is -3.75. The number of amides is 2. The van der Waals surface area contributed by atoms with E-state index in [1.165, 1.54) is 0 Å². The summed E-state index contributed by atoms with van der Waals surface area (Å²) in [5.41, 5.74) is 2.71. The second-order valence-corrected chi connectivity index (χ2v) is 9.94. The first-order valence-electron chi connectivity index (χ1n) is 12.7. The molecule has 1 aromatic carbocycles. The lowest BCUT2D eigenvalue weighted by Crippen LogP contribution is -2.47. The highest BCUT2D eigenvalue weighted by atomic mass is 16.2. The molecule has 0 spiro atoms. The molecule has 0 radical (unpaired) electrons. The summed E-state index contributed by atoms with van der Waals surface area (Å²) in [5, 5.41) is 10.4. The van der Waals surface area contributed by atoms with Gasteiger partial charge in [0.05, 0.1) is 0 Å². The number of anilines is 3. The van der Waals surface area contributed by atoms with Gasteiger partial charge in [-0.1, -0.05) is 18.2 Å². The van der Waals surface area contributed by atoms with Crippen molar-refractivity contribution in [3.63, 3.8) is 0 Å². The molecule has 0 unspecified atom stereocenters. The molecule has 2 amide bonds. The standard InChI is InChI=1S/C27H33N7O2/c1-18-13-25(32-31-18)30-24-15-22(28-19(2)29-24)14-20-7-6-12-33(16-20)26(35)17-34(27(36)21-10-11-21)23-8-4-3-5-9-23/h3-5,8-9,13,15,20-21H,6-7,10-12,14,16-17H2,1-2H3,(H2,28,29,30,31,32)/t20-/m0/s1. The highest BCUT2D eigenvalue weighted by Crippen LogP contribution is 2.33. The van der Waals surface area contributed by atoms with Gasteiger partial charge in [-0.05, 0) is 64.0 Å². The van der Waals surface area contributed by atoms with Crippen molar-refractivity contribution in [3.05, 3.63) is 59.7 Å². The van der Waals surface area contributed by atoms with Crippen LogP contribution in [0.4, 0.5) is 17.3 Å². The molecule has 36 heavy (non-hydrogen) atoms. The third-order valence-corrected chi connectivity index (χ3v) is 6.78. The molecule has 2 aromatic heterocycles. The van der Waals surface area contributed by atoms with Gasteiger partial charge in [0.25, 0.3) is 0 Å². The van der Waals surface area contributed by atoms with Crippen molar-refractivity contribution in [3.8, 4) is 0 Å². The molecule has 3 heterocycles. The van der Waals surface area contributed by atoms with E-state index in [4.69, 9.17) is 0 Å². The van der Waals surface area contributed by atoms with Crippen molar-refractivity contribution >= 4 is 29.1 Å². The highest BCUT2D eigenvalue weighted by molar-refractivity contribution is 6.00. The van der Waals surface area contributed by atoms with E-state index in [-0.39, 0.29) is 24.3 Å². The highest BCUT2D eigenvalue weighted by Gasteiger charge is 2.36. The number of benzene rings is 1. The number of hydrogen-bond donors (Lipinski definition) is 2. The van der Waals surface area contributed by atoms with Crippen LogP contribution in [-0.4, -0.2) is 56.5 Å². The Morgan fingerprint density at radius 1 is 1.08 bits per heavy atom. The number of nitrogens with zero attached hydrogens (tertiary/aromatic N) is 5. The molecule has 5 rings (SSSR count). The Bertz CT molecular complexity index is 1220. The summed E-state index contributed by atoms with van der Waals surface area (Å²) >= 11 is 0. The number of carbonyl (C=O) groups is 2. The first kappa shape index (κ1) is 24.0. The van der Waals surface area contributed by atoms with Crippen molar-refractivity contribution in [1.29, 1.82) is 0 Å². The molecule has 1 atom stereocenters. The summed E-state index contributed by atoms with van der Waals surface area (Å²) in [4.78, 5) is 39.0. The Morgan fingerprint density at radius 3 is 2.61 bits per heavy atom. The van der Waals surface area contributed by atoms with Gasteiger partial charge in [-0.2, -0.15) is 5.10 Å². The normalized spacial score (nSPS) is 17.6. The lowest BCUT2D eigenvalue weighted by atomic mass is 9.93. The molecule has 2 N–H and O–H groups in total. The number of aromatic amines is 1. The fourth-order valence-electron chi connectivity index (χ4n) is 4.86. The predicted octanol–water partition coefficient (Wildman–Crippen LogP) is 3.78. The molecule has 0 bridgehead atoms. The van der Waals surface area contributed by atoms with Crippen LogP contribution in [0.15, 0.2) is 42.5 Å². The molecule has 1 saturated heterocycles. The Kier molecular flexibility index (Phi) is 6.97. The minimum absolute atomic E-state index is 0.00711. The molecule has 1 aliphatic carbocycles. The summed E-state index contributed by atoms with van der Waals surface area (Å²) in [7, 11) is 0. The number of likely N-dealkylation sites (tertiary alicyclic amines) is 1. The van der Waals surface area contributed by atoms with Gasteiger partial charge < -0.3 is 15.1 Å². The molecular formula is C27H33N7O2. The summed E-state index contributed by atoms with van der Waals surface area (Å²) < 4.78 is 0. The van der Waals surface area contributed by atoms with Gasteiger partial charge in [-0.15, -0.1) is 0 Å². The Labute approximate surface area is 211 Å². The third kappa shape index (κ3) is 5.90. The van der Waals surface area contributed by atoms with Gasteiger partial charge in [0.2, 0.25) is 11.8 Å². The minimum atomic E-state index is 0.00711. The second kappa shape index (κ2) is 10.5. The smallest absolute Gasteiger partial charge is 0.242 e. The number of carbonyl (C=O) groups excluding carboxylic acids is 2. The Balaban J connectivity index is 1.23. The quantitative estimate of drug-likeness (QED) is 0.501. The number of nitrogens with one attached hydrogen (secondary N) is 2. The van der Waals surface area contributed by atoms with Crippen LogP contribution in [0.25, 0.3) is 0 Å². The average Bonchev–Trinajstić information content (AvgIpc) is 3.64. The first-order valence-corrected chi connectivity index (χ1v) is 12.7. The average molecular weight is 488 g/mol. The molecule has 1 saturated carbocycles. The van der Waals surface area contributed by atoms with Crippen LogP contribution in [-0.2, 0) is 16.0 Å². The van der Waals surface area contributed by atoms with Crippen LogP contribution in [0.3, 0.4) is 0 Å². The van der Waals surface area contributed by atoms with Gasteiger partial charge in [-0.3, -0.25) is 14.7 Å². The van der Waals surface area contributed by atoms with E-state index in [0.717, 1.165) is 61.5 Å². The zero-order chi connectivity index (χ0) is 25.1. The molecule has 3 aromatic rings. The molecule has 9 heteroatoms. The first-order chi connectivity index (χ1) is 17.4. The fourth-order valence-corrected chi connectivity index (χ4v) is 4.86. The number of rotatable bonds is 8. The van der Waals surface area contributed by atoms with Crippen molar-refractivity contribution in [2.24, 2.45) is 11.8 Å². The zero-order valence-electron chi connectivity index (χ0n) is 20.9. The number of aryl methyl sites for hydroxylation is 2. The van der Waals surface area contributed by atoms with Crippen LogP contribution in [0.2, 0.25) is 0 Å². The molecule has 1 aliphatic heterocycles. The van der Waals surface area contributed by atoms with Crippen LogP contribution < -0.4 is 10.2 Å². The SMILES string of the molecule is Cc1nc(C[C@@H]2CCCN(C(=O)CN(C(=O)C3CC3)c3ccccc3)C2)cc(Nc2cc(C)[nH]n2)n1. The summed E-state index contributed by atoms with van der Waals surface area (Å²) in [6.07, 6.45) is 4.58. The number of hydrogen-bond acceptors (Lipinski definition) is 6. The van der Waals surface area contributed by atoms with E-state index in [9.17, 15) is 9.59 Å². The van der Waals surface area contributed by atoms with Gasteiger partial charge in [-0.25, -0.2) is 9.97 Å². The topological polar surface area (TPSA) is 107 Å². The van der Waals surface area contributed by atoms with E-state index in [1.54, 1.807) is 4.90 Å². The number of para-hydroxylation sites is 1. The van der Waals surface area contributed by atoms with Crippen LogP contribution in [0, 0.1) is 25.7 Å². The minimum Gasteiger partial charge on any atom is -0.341 e.